The largest absolute Gasteiger partial charge is 0.493 e. The first kappa shape index (κ1) is 49.4. The first-order chi connectivity index (χ1) is 34.4. The molecule has 5 aromatic carbocycles. The van der Waals surface area contributed by atoms with Crippen molar-refractivity contribution in [2.45, 2.75) is 69.6 Å². The zero-order chi connectivity index (χ0) is 49.6. The van der Waals surface area contributed by atoms with Crippen LogP contribution in [0.3, 0.4) is 0 Å². The smallest absolute Gasteiger partial charge is 0.261 e. The molecule has 5 aromatic rings. The minimum Gasteiger partial charge on any atom is -0.493 e. The SMILES string of the molecule is COCCOCCOCCN(C(=O)CCC(C)(C)S)c1cc(COc2cc3c(cc2OC)C(=O)N2c4ccccc4CC2C=N3)cc(COc2cc3c(cc2OC)C(=O)N2c4ccccc4CC2CN3)c1. The number of nitrogens with one attached hydrogen (secondary N) is 1. The van der Waals surface area contributed by atoms with Gasteiger partial charge in [-0.25, -0.2) is 0 Å². The number of fused-ring (bicyclic) bond motifs is 8. The highest BCUT2D eigenvalue weighted by atomic mass is 32.1. The summed E-state index contributed by atoms with van der Waals surface area (Å²) in [7, 11) is 4.71. The number of benzene rings is 5. The Kier molecular flexibility index (Phi) is 15.2. The Morgan fingerprint density at radius 2 is 1.34 bits per heavy atom. The molecule has 2 unspecified atom stereocenters. The van der Waals surface area contributed by atoms with E-state index in [-0.39, 0.29) is 67.3 Å². The summed E-state index contributed by atoms with van der Waals surface area (Å²) < 4.78 is 41.1. The molecule has 16 heteroatoms. The summed E-state index contributed by atoms with van der Waals surface area (Å²) in [5.74, 6) is 1.25. The van der Waals surface area contributed by atoms with Crippen LogP contribution >= 0.6 is 12.6 Å². The molecule has 372 valence electrons. The predicted molar refractivity (Wildman–Crippen MR) is 277 cm³/mol. The van der Waals surface area contributed by atoms with Crippen LogP contribution in [0.2, 0.25) is 0 Å². The van der Waals surface area contributed by atoms with Crippen molar-refractivity contribution in [2.24, 2.45) is 4.99 Å². The van der Waals surface area contributed by atoms with Crippen LogP contribution in [0.15, 0.2) is 96.0 Å². The van der Waals surface area contributed by atoms with E-state index < -0.39 is 0 Å². The molecule has 4 aliphatic rings. The number of para-hydroxylation sites is 2. The van der Waals surface area contributed by atoms with Crippen LogP contribution in [0.25, 0.3) is 0 Å². The molecule has 0 aliphatic carbocycles. The van der Waals surface area contributed by atoms with Crippen molar-refractivity contribution in [1.82, 2.24) is 0 Å². The number of ether oxygens (including phenoxy) is 7. The van der Waals surface area contributed by atoms with E-state index in [1.165, 1.54) is 7.11 Å². The van der Waals surface area contributed by atoms with Crippen molar-refractivity contribution in [3.8, 4) is 23.0 Å². The fraction of sp³-hybridized carbons (Fsp3) is 0.382. The van der Waals surface area contributed by atoms with Gasteiger partial charge in [0, 0.05) is 73.2 Å². The molecule has 0 bridgehead atoms. The number of carbonyl (C=O) groups is 3. The third-order valence-corrected chi connectivity index (χ3v) is 13.4. The zero-order valence-electron chi connectivity index (χ0n) is 40.9. The number of nitrogens with zero attached hydrogens (tertiary/aromatic N) is 4. The number of hydrogen-bond acceptors (Lipinski definition) is 13. The molecule has 4 heterocycles. The maximum absolute atomic E-state index is 14.3. The van der Waals surface area contributed by atoms with E-state index in [2.05, 4.69) is 11.4 Å². The van der Waals surface area contributed by atoms with E-state index in [9.17, 15) is 14.4 Å². The maximum Gasteiger partial charge on any atom is 0.261 e. The number of amides is 3. The van der Waals surface area contributed by atoms with Gasteiger partial charge in [0.15, 0.2) is 23.0 Å². The van der Waals surface area contributed by atoms with Crippen molar-refractivity contribution in [1.29, 1.82) is 0 Å². The monoisotopic (exact) mass is 983 g/mol. The van der Waals surface area contributed by atoms with Crippen molar-refractivity contribution in [3.63, 3.8) is 0 Å². The molecule has 0 saturated heterocycles. The van der Waals surface area contributed by atoms with Gasteiger partial charge in [0.05, 0.1) is 81.8 Å². The van der Waals surface area contributed by atoms with E-state index >= 15 is 0 Å². The van der Waals surface area contributed by atoms with Gasteiger partial charge in [0.1, 0.15) is 13.2 Å². The van der Waals surface area contributed by atoms with Crippen molar-refractivity contribution < 1.29 is 47.5 Å². The topological polar surface area (TPSA) is 150 Å². The number of methoxy groups -OCH3 is 3. The van der Waals surface area contributed by atoms with E-state index in [1.54, 1.807) is 42.2 Å². The van der Waals surface area contributed by atoms with Crippen LogP contribution in [0, 0.1) is 0 Å². The fourth-order valence-corrected chi connectivity index (χ4v) is 9.67. The van der Waals surface area contributed by atoms with E-state index in [1.807, 2.05) is 91.7 Å². The highest BCUT2D eigenvalue weighted by Gasteiger charge is 2.39. The van der Waals surface area contributed by atoms with Gasteiger partial charge >= 0.3 is 0 Å². The molecule has 71 heavy (non-hydrogen) atoms. The fourth-order valence-electron chi connectivity index (χ4n) is 9.55. The average Bonchev–Trinajstić information content (AvgIpc) is 3.86. The Labute approximate surface area is 420 Å². The second kappa shape index (κ2) is 21.8. The lowest BCUT2D eigenvalue weighted by Gasteiger charge is -2.26. The lowest BCUT2D eigenvalue weighted by molar-refractivity contribution is -0.119. The van der Waals surface area contributed by atoms with Gasteiger partial charge in [0.25, 0.3) is 11.8 Å². The summed E-state index contributed by atoms with van der Waals surface area (Å²) in [4.78, 5) is 52.8. The molecule has 0 fully saturated rings. The maximum atomic E-state index is 14.3. The molecule has 3 amide bonds. The summed E-state index contributed by atoms with van der Waals surface area (Å²) in [6.45, 7) is 6.88. The van der Waals surface area contributed by atoms with E-state index in [0.29, 0.717) is 97.0 Å². The highest BCUT2D eigenvalue weighted by molar-refractivity contribution is 7.81. The Morgan fingerprint density at radius 1 is 0.732 bits per heavy atom. The Balaban J connectivity index is 1.00. The molecular formula is C55H61N5O10S. The standard InChI is InChI=1S/C55H61N5O10S/c1-55(2,71)15-14-52(61)58(16-17-67-20-21-68-19-18-64-3)39-23-35(33-69-50-29-44-42(27-48(50)65-4)53(62)59-40(31-56-44)25-37-10-6-8-12-46(37)59)22-36(24-39)34-70-51-30-45-43(28-49(51)66-5)54(63)60-41(32-57-45)26-38-11-7-9-13-47(38)60/h6-13,22-24,27-31,40-41,57,71H,14-21,25-26,32-34H2,1-5H3. The number of rotatable bonds is 21. The van der Waals surface area contributed by atoms with Crippen LogP contribution < -0.4 is 39.0 Å². The molecular weight excluding hydrogens is 923 g/mol. The lowest BCUT2D eigenvalue weighted by atomic mass is 10.1. The number of aliphatic imine (C=N–C) groups is 1. The quantitative estimate of drug-likeness (QED) is 0.0538. The summed E-state index contributed by atoms with van der Waals surface area (Å²) in [6.07, 6.45) is 4.05. The Bertz CT molecular complexity index is 2810. The van der Waals surface area contributed by atoms with Gasteiger partial charge in [-0.15, -0.1) is 0 Å². The summed E-state index contributed by atoms with van der Waals surface area (Å²) in [6, 6.07) is 28.5. The third-order valence-electron chi connectivity index (χ3n) is 13.1. The van der Waals surface area contributed by atoms with Gasteiger partial charge in [-0.3, -0.25) is 24.3 Å². The number of carbonyl (C=O) groups excluding carboxylic acids is 3. The molecule has 9 rings (SSSR count). The molecule has 0 radical (unpaired) electrons. The molecule has 0 aromatic heterocycles. The summed E-state index contributed by atoms with van der Waals surface area (Å²) in [5, 5.41) is 3.51. The minimum absolute atomic E-state index is 0.0352. The molecule has 15 nitrogen and oxygen atoms in total. The predicted octanol–water partition coefficient (Wildman–Crippen LogP) is 8.65. The molecule has 2 atom stereocenters. The van der Waals surface area contributed by atoms with Gasteiger partial charge in [-0.05, 0) is 77.6 Å². The van der Waals surface area contributed by atoms with E-state index in [4.69, 9.17) is 50.8 Å². The van der Waals surface area contributed by atoms with Crippen LogP contribution in [-0.4, -0.2) is 108 Å². The van der Waals surface area contributed by atoms with Crippen molar-refractivity contribution >= 4 is 65.0 Å². The van der Waals surface area contributed by atoms with Crippen LogP contribution in [0.1, 0.15) is 69.7 Å². The average molecular weight is 984 g/mol. The summed E-state index contributed by atoms with van der Waals surface area (Å²) in [5.41, 5.74) is 8.17. The highest BCUT2D eigenvalue weighted by Crippen LogP contribution is 2.43. The summed E-state index contributed by atoms with van der Waals surface area (Å²) >= 11 is 4.72. The second-order valence-corrected chi connectivity index (χ2v) is 19.8. The van der Waals surface area contributed by atoms with Gasteiger partial charge in [-0.1, -0.05) is 50.2 Å². The van der Waals surface area contributed by atoms with Crippen LogP contribution in [-0.2, 0) is 45.1 Å². The Morgan fingerprint density at radius 3 is 2.01 bits per heavy atom. The second-order valence-electron chi connectivity index (χ2n) is 18.6. The van der Waals surface area contributed by atoms with Crippen LogP contribution in [0.4, 0.5) is 28.4 Å². The van der Waals surface area contributed by atoms with Gasteiger partial charge in [0.2, 0.25) is 5.91 Å². The first-order valence-corrected chi connectivity index (χ1v) is 24.5. The van der Waals surface area contributed by atoms with E-state index in [0.717, 1.165) is 40.0 Å². The number of hydrogen-bond donors (Lipinski definition) is 2. The Hall–Kier alpha value is -6.59. The minimum atomic E-state index is -0.374. The lowest BCUT2D eigenvalue weighted by Crippen LogP contribution is -2.39. The molecule has 0 spiro atoms. The normalized spacial score (nSPS) is 16.4. The van der Waals surface area contributed by atoms with Crippen molar-refractivity contribution in [2.75, 3.05) is 87.5 Å². The number of thiol groups is 1. The zero-order valence-corrected chi connectivity index (χ0v) is 41.8. The third kappa shape index (κ3) is 11.0. The van der Waals surface area contributed by atoms with Gasteiger partial charge < -0.3 is 48.3 Å². The van der Waals surface area contributed by atoms with Crippen molar-refractivity contribution in [3.05, 3.63) is 124 Å². The van der Waals surface area contributed by atoms with Gasteiger partial charge in [-0.2, -0.15) is 12.6 Å². The molecule has 0 saturated carbocycles. The molecule has 4 aliphatic heterocycles. The molecule has 1 N–H and O–H groups in total. The first-order valence-electron chi connectivity index (χ1n) is 24.0. The number of anilines is 4. The van der Waals surface area contributed by atoms with Crippen LogP contribution in [0.5, 0.6) is 23.0 Å².